The molecule has 0 bridgehead atoms. The summed E-state index contributed by atoms with van der Waals surface area (Å²) in [5, 5.41) is 15.4. The van der Waals surface area contributed by atoms with Gasteiger partial charge in [0.15, 0.2) is 0 Å². The maximum absolute atomic E-state index is 7.18. The summed E-state index contributed by atoms with van der Waals surface area (Å²) < 4.78 is 0. The molecular formula is C6H8N4S. The molecule has 4 nitrogen and oxygen atoms in total. The van der Waals surface area contributed by atoms with Crippen LogP contribution in [0.15, 0.2) is 17.3 Å². The molecule has 0 saturated heterocycles. The van der Waals surface area contributed by atoms with Crippen molar-refractivity contribution in [3.05, 3.63) is 17.8 Å². The smallest absolute Gasteiger partial charge is 0.129 e. The maximum atomic E-state index is 7.18. The van der Waals surface area contributed by atoms with Crippen LogP contribution in [0.5, 0.6) is 0 Å². The average molecular weight is 168 g/mol. The molecule has 0 aliphatic carbocycles. The predicted octanol–water partition coefficient (Wildman–Crippen LogP) is 0.483. The summed E-state index contributed by atoms with van der Waals surface area (Å²) in [6, 6.07) is 1.68. The van der Waals surface area contributed by atoms with Crippen molar-refractivity contribution >= 4 is 17.6 Å². The summed E-state index contributed by atoms with van der Waals surface area (Å²) in [6.45, 7) is 0. The molecule has 1 heterocycles. The summed E-state index contributed by atoms with van der Waals surface area (Å²) in [4.78, 5) is 0. The third-order valence-electron chi connectivity index (χ3n) is 1.17. The van der Waals surface area contributed by atoms with Gasteiger partial charge >= 0.3 is 0 Å². The van der Waals surface area contributed by atoms with E-state index in [1.165, 1.54) is 18.0 Å². The number of hydrogen-bond donors (Lipinski definition) is 2. The molecule has 3 N–H and O–H groups in total. The van der Waals surface area contributed by atoms with E-state index in [1.807, 2.05) is 6.26 Å². The number of thioether (sulfide) groups is 1. The molecule has 1 aromatic rings. The van der Waals surface area contributed by atoms with Gasteiger partial charge in [-0.25, -0.2) is 0 Å². The molecule has 58 valence electrons. The van der Waals surface area contributed by atoms with Crippen molar-refractivity contribution in [1.82, 2.24) is 10.2 Å². The first-order valence-electron chi connectivity index (χ1n) is 2.95. The van der Waals surface area contributed by atoms with E-state index in [4.69, 9.17) is 11.1 Å². The SMILES string of the molecule is CSc1nnccc1C(=N)N. The van der Waals surface area contributed by atoms with E-state index in [2.05, 4.69) is 10.2 Å². The van der Waals surface area contributed by atoms with Gasteiger partial charge in [-0.15, -0.1) is 16.9 Å². The first-order valence-corrected chi connectivity index (χ1v) is 4.18. The van der Waals surface area contributed by atoms with E-state index in [1.54, 1.807) is 6.07 Å². The number of nitrogens with zero attached hydrogens (tertiary/aromatic N) is 2. The van der Waals surface area contributed by atoms with Crippen LogP contribution < -0.4 is 5.73 Å². The predicted molar refractivity (Wildman–Crippen MR) is 44.8 cm³/mol. The molecule has 0 atom stereocenters. The number of nitrogen functional groups attached to an aromatic ring is 1. The molecule has 0 saturated carbocycles. The van der Waals surface area contributed by atoms with E-state index in [0.29, 0.717) is 10.6 Å². The van der Waals surface area contributed by atoms with Gasteiger partial charge in [0.1, 0.15) is 10.9 Å². The van der Waals surface area contributed by atoms with Crippen molar-refractivity contribution < 1.29 is 0 Å². The lowest BCUT2D eigenvalue weighted by molar-refractivity contribution is 0.923. The molecule has 0 aliphatic heterocycles. The molecule has 0 unspecified atom stereocenters. The zero-order chi connectivity index (χ0) is 8.27. The van der Waals surface area contributed by atoms with Gasteiger partial charge in [-0.2, -0.15) is 5.10 Å². The number of amidine groups is 1. The van der Waals surface area contributed by atoms with Crippen LogP contribution >= 0.6 is 11.8 Å². The van der Waals surface area contributed by atoms with Crippen molar-refractivity contribution in [3.63, 3.8) is 0 Å². The molecule has 11 heavy (non-hydrogen) atoms. The highest BCUT2D eigenvalue weighted by Crippen LogP contribution is 2.14. The Labute approximate surface area is 68.7 Å². The Kier molecular flexibility index (Phi) is 2.43. The highest BCUT2D eigenvalue weighted by Gasteiger charge is 2.03. The fraction of sp³-hybridized carbons (Fsp3) is 0.167. The minimum atomic E-state index is 0.0317. The van der Waals surface area contributed by atoms with Gasteiger partial charge in [0, 0.05) is 0 Å². The van der Waals surface area contributed by atoms with Crippen LogP contribution in [0.2, 0.25) is 0 Å². The maximum Gasteiger partial charge on any atom is 0.129 e. The van der Waals surface area contributed by atoms with Crippen LogP contribution in [0, 0.1) is 5.41 Å². The highest BCUT2D eigenvalue weighted by atomic mass is 32.2. The monoisotopic (exact) mass is 168 g/mol. The Morgan fingerprint density at radius 3 is 2.91 bits per heavy atom. The van der Waals surface area contributed by atoms with E-state index in [-0.39, 0.29) is 5.84 Å². The minimum absolute atomic E-state index is 0.0317. The Morgan fingerprint density at radius 1 is 1.73 bits per heavy atom. The van der Waals surface area contributed by atoms with Gasteiger partial charge in [-0.3, -0.25) is 5.41 Å². The van der Waals surface area contributed by atoms with E-state index >= 15 is 0 Å². The van der Waals surface area contributed by atoms with Crippen molar-refractivity contribution in [2.45, 2.75) is 5.03 Å². The Morgan fingerprint density at radius 2 is 2.45 bits per heavy atom. The lowest BCUT2D eigenvalue weighted by Gasteiger charge is -2.00. The largest absolute Gasteiger partial charge is 0.384 e. The fourth-order valence-electron chi connectivity index (χ4n) is 0.675. The molecule has 0 fully saturated rings. The summed E-state index contributed by atoms with van der Waals surface area (Å²) in [5.41, 5.74) is 5.94. The van der Waals surface area contributed by atoms with Crippen LogP contribution in [0.1, 0.15) is 5.56 Å². The quantitative estimate of drug-likeness (QED) is 0.382. The first-order chi connectivity index (χ1) is 5.25. The van der Waals surface area contributed by atoms with Gasteiger partial charge in [-0.05, 0) is 12.3 Å². The Hall–Kier alpha value is -1.10. The number of nitrogens with one attached hydrogen (secondary N) is 1. The van der Waals surface area contributed by atoms with Gasteiger partial charge in [0.05, 0.1) is 11.8 Å². The molecule has 0 aliphatic rings. The molecule has 1 aromatic heterocycles. The van der Waals surface area contributed by atoms with Crippen molar-refractivity contribution in [3.8, 4) is 0 Å². The number of rotatable bonds is 2. The highest BCUT2D eigenvalue weighted by molar-refractivity contribution is 7.98. The number of nitrogens with two attached hydrogens (primary N) is 1. The van der Waals surface area contributed by atoms with Crippen molar-refractivity contribution in [2.75, 3.05) is 6.26 Å². The third kappa shape index (κ3) is 1.68. The van der Waals surface area contributed by atoms with E-state index in [9.17, 15) is 0 Å². The normalized spacial score (nSPS) is 9.55. The van der Waals surface area contributed by atoms with Crippen LogP contribution in [0.25, 0.3) is 0 Å². The molecule has 0 aromatic carbocycles. The topological polar surface area (TPSA) is 75.7 Å². The average Bonchev–Trinajstić information content (AvgIpc) is 2.04. The number of aromatic nitrogens is 2. The lowest BCUT2D eigenvalue weighted by atomic mass is 10.3. The van der Waals surface area contributed by atoms with Crippen LogP contribution in [0.3, 0.4) is 0 Å². The van der Waals surface area contributed by atoms with Crippen LogP contribution in [0.4, 0.5) is 0 Å². The second-order valence-electron chi connectivity index (χ2n) is 1.87. The zero-order valence-electron chi connectivity index (χ0n) is 6.03. The first kappa shape index (κ1) is 8.00. The molecule has 0 amide bonds. The molecule has 0 radical (unpaired) electrons. The second kappa shape index (κ2) is 3.34. The second-order valence-corrected chi connectivity index (χ2v) is 2.66. The molecular weight excluding hydrogens is 160 g/mol. The van der Waals surface area contributed by atoms with Gasteiger partial charge < -0.3 is 5.73 Å². The van der Waals surface area contributed by atoms with E-state index in [0.717, 1.165) is 0 Å². The fourth-order valence-corrected chi connectivity index (χ4v) is 1.20. The standard InChI is InChI=1S/C6H8N4S/c1-11-6-4(5(7)8)2-3-9-10-6/h2-3H,1H3,(H3,7,8). The van der Waals surface area contributed by atoms with Crippen LogP contribution in [-0.2, 0) is 0 Å². The molecule has 1 rings (SSSR count). The van der Waals surface area contributed by atoms with Gasteiger partial charge in [0.25, 0.3) is 0 Å². The van der Waals surface area contributed by atoms with Crippen LogP contribution in [-0.4, -0.2) is 22.3 Å². The summed E-state index contributed by atoms with van der Waals surface area (Å²) >= 11 is 1.43. The van der Waals surface area contributed by atoms with E-state index < -0.39 is 0 Å². The third-order valence-corrected chi connectivity index (χ3v) is 1.86. The zero-order valence-corrected chi connectivity index (χ0v) is 6.85. The number of hydrogen-bond acceptors (Lipinski definition) is 4. The van der Waals surface area contributed by atoms with Gasteiger partial charge in [-0.1, -0.05) is 0 Å². The minimum Gasteiger partial charge on any atom is -0.384 e. The summed E-state index contributed by atoms with van der Waals surface area (Å²) in [7, 11) is 0. The van der Waals surface area contributed by atoms with Crippen molar-refractivity contribution in [2.24, 2.45) is 5.73 Å². The van der Waals surface area contributed by atoms with Gasteiger partial charge in [0.2, 0.25) is 0 Å². The Bertz CT molecular complexity index is 273. The molecule has 5 heteroatoms. The lowest BCUT2D eigenvalue weighted by Crippen LogP contribution is -2.13. The van der Waals surface area contributed by atoms with Crippen molar-refractivity contribution in [1.29, 1.82) is 5.41 Å². The summed E-state index contributed by atoms with van der Waals surface area (Å²) in [5.74, 6) is 0.0317. The summed E-state index contributed by atoms with van der Waals surface area (Å²) in [6.07, 6.45) is 3.40. The molecule has 0 spiro atoms. The Balaban J connectivity index is 3.12.